The fraction of sp³-hybridized carbons (Fsp3) is 0.500. The van der Waals surface area contributed by atoms with Crippen LogP contribution >= 0.6 is 0 Å². The summed E-state index contributed by atoms with van der Waals surface area (Å²) in [5.74, 6) is 1.12. The third kappa shape index (κ3) is 4.62. The van der Waals surface area contributed by atoms with Crippen LogP contribution in [-0.2, 0) is 4.79 Å². The molecule has 1 aromatic carbocycles. The normalized spacial score (nSPS) is 19.3. The van der Waals surface area contributed by atoms with E-state index in [9.17, 15) is 4.79 Å². The van der Waals surface area contributed by atoms with Crippen molar-refractivity contribution >= 4 is 5.91 Å². The maximum Gasteiger partial charge on any atom is 0.223 e. The van der Waals surface area contributed by atoms with Gasteiger partial charge in [-0.2, -0.15) is 0 Å². The first-order valence-electron chi connectivity index (χ1n) is 7.78. The van der Waals surface area contributed by atoms with Crippen LogP contribution in [0.15, 0.2) is 36.4 Å². The van der Waals surface area contributed by atoms with Gasteiger partial charge in [-0.1, -0.05) is 24.3 Å². The van der Waals surface area contributed by atoms with Gasteiger partial charge in [-0.3, -0.25) is 4.79 Å². The number of amides is 1. The highest BCUT2D eigenvalue weighted by molar-refractivity contribution is 5.79. The Bertz CT molecular complexity index is 508. The SMILES string of the molecule is CC(C)Oc1cccc([C@@H](C)NC(=O)[C@@H]2CC=CCC2)c1. The molecular weight excluding hydrogens is 262 g/mol. The number of benzene rings is 1. The summed E-state index contributed by atoms with van der Waals surface area (Å²) in [5, 5.41) is 3.12. The molecule has 1 aliphatic rings. The number of carbonyl (C=O) groups is 1. The minimum atomic E-state index is -0.000816. The zero-order valence-corrected chi connectivity index (χ0v) is 13.1. The molecule has 0 saturated heterocycles. The third-order valence-corrected chi connectivity index (χ3v) is 3.73. The largest absolute Gasteiger partial charge is 0.491 e. The Hall–Kier alpha value is -1.77. The van der Waals surface area contributed by atoms with Gasteiger partial charge in [-0.25, -0.2) is 0 Å². The summed E-state index contributed by atoms with van der Waals surface area (Å²) in [6.07, 6.45) is 7.22. The minimum Gasteiger partial charge on any atom is -0.491 e. The van der Waals surface area contributed by atoms with Gasteiger partial charge >= 0.3 is 0 Å². The summed E-state index contributed by atoms with van der Waals surface area (Å²) in [6, 6.07) is 7.95. The second-order valence-electron chi connectivity index (χ2n) is 5.95. The molecule has 1 aliphatic carbocycles. The van der Waals surface area contributed by atoms with Crippen LogP contribution in [0.1, 0.15) is 51.6 Å². The number of hydrogen-bond acceptors (Lipinski definition) is 2. The van der Waals surface area contributed by atoms with Gasteiger partial charge in [0.25, 0.3) is 0 Å². The predicted octanol–water partition coefficient (Wildman–Crippen LogP) is 4.01. The summed E-state index contributed by atoms with van der Waals surface area (Å²) >= 11 is 0. The van der Waals surface area contributed by atoms with Gasteiger partial charge in [-0.15, -0.1) is 0 Å². The number of ether oxygens (including phenoxy) is 1. The van der Waals surface area contributed by atoms with Crippen LogP contribution in [0.25, 0.3) is 0 Å². The lowest BCUT2D eigenvalue weighted by molar-refractivity contribution is -0.125. The lowest BCUT2D eigenvalue weighted by Gasteiger charge is -2.21. The number of rotatable bonds is 5. The van der Waals surface area contributed by atoms with Crippen LogP contribution in [-0.4, -0.2) is 12.0 Å². The van der Waals surface area contributed by atoms with Crippen molar-refractivity contribution in [2.24, 2.45) is 5.92 Å². The summed E-state index contributed by atoms with van der Waals surface area (Å²) in [5.41, 5.74) is 1.08. The Labute approximate surface area is 127 Å². The summed E-state index contributed by atoms with van der Waals surface area (Å²) < 4.78 is 5.70. The Kier molecular flexibility index (Phi) is 5.43. The minimum absolute atomic E-state index is 0.000816. The molecule has 2 atom stereocenters. The monoisotopic (exact) mass is 287 g/mol. The average molecular weight is 287 g/mol. The van der Waals surface area contributed by atoms with E-state index in [1.54, 1.807) is 0 Å². The fourth-order valence-corrected chi connectivity index (χ4v) is 2.58. The standard InChI is InChI=1S/C18H25NO2/c1-13(2)21-17-11-7-10-16(12-17)14(3)19-18(20)15-8-5-4-6-9-15/h4-5,7,10-15H,6,8-9H2,1-3H3,(H,19,20)/t14-,15-/m1/s1. The molecule has 21 heavy (non-hydrogen) atoms. The van der Waals surface area contributed by atoms with Crippen LogP contribution in [0, 0.1) is 5.92 Å². The number of carbonyl (C=O) groups excluding carboxylic acids is 1. The Morgan fingerprint density at radius 1 is 1.29 bits per heavy atom. The van der Waals surface area contributed by atoms with Crippen molar-refractivity contribution in [3.05, 3.63) is 42.0 Å². The molecule has 0 fully saturated rings. The summed E-state index contributed by atoms with van der Waals surface area (Å²) in [4.78, 5) is 12.3. The van der Waals surface area contributed by atoms with E-state index in [-0.39, 0.29) is 24.0 Å². The first-order valence-corrected chi connectivity index (χ1v) is 7.78. The van der Waals surface area contributed by atoms with E-state index < -0.39 is 0 Å². The van der Waals surface area contributed by atoms with Crippen molar-refractivity contribution in [2.45, 2.75) is 52.2 Å². The molecule has 0 heterocycles. The van der Waals surface area contributed by atoms with Crippen molar-refractivity contribution in [2.75, 3.05) is 0 Å². The van der Waals surface area contributed by atoms with Gasteiger partial charge in [0.15, 0.2) is 0 Å². The number of hydrogen-bond donors (Lipinski definition) is 1. The molecule has 0 spiro atoms. The Morgan fingerprint density at radius 2 is 2.10 bits per heavy atom. The number of nitrogens with one attached hydrogen (secondary N) is 1. The molecule has 0 aromatic heterocycles. The molecule has 0 saturated carbocycles. The molecule has 2 rings (SSSR count). The fourth-order valence-electron chi connectivity index (χ4n) is 2.58. The first kappa shape index (κ1) is 15.6. The highest BCUT2D eigenvalue weighted by Crippen LogP contribution is 2.22. The van der Waals surface area contributed by atoms with Crippen molar-refractivity contribution in [3.8, 4) is 5.75 Å². The zero-order valence-electron chi connectivity index (χ0n) is 13.1. The van der Waals surface area contributed by atoms with E-state index in [0.29, 0.717) is 0 Å². The molecule has 114 valence electrons. The topological polar surface area (TPSA) is 38.3 Å². The van der Waals surface area contributed by atoms with E-state index in [2.05, 4.69) is 17.5 Å². The smallest absolute Gasteiger partial charge is 0.223 e. The van der Waals surface area contributed by atoms with Gasteiger partial charge in [-0.05, 0) is 57.7 Å². The van der Waals surface area contributed by atoms with Crippen LogP contribution in [0.4, 0.5) is 0 Å². The Balaban J connectivity index is 1.97. The molecule has 3 nitrogen and oxygen atoms in total. The molecule has 1 N–H and O–H groups in total. The van der Waals surface area contributed by atoms with Gasteiger partial charge in [0, 0.05) is 5.92 Å². The molecular formula is C18H25NO2. The van der Waals surface area contributed by atoms with Gasteiger partial charge in [0.2, 0.25) is 5.91 Å². The summed E-state index contributed by atoms with van der Waals surface area (Å²) in [6.45, 7) is 6.04. The first-order chi connectivity index (χ1) is 10.1. The van der Waals surface area contributed by atoms with Crippen LogP contribution in [0.2, 0.25) is 0 Å². The molecule has 0 unspecified atom stereocenters. The van der Waals surface area contributed by atoms with E-state index in [1.165, 1.54) is 0 Å². The number of allylic oxidation sites excluding steroid dienone is 2. The highest BCUT2D eigenvalue weighted by Gasteiger charge is 2.20. The van der Waals surface area contributed by atoms with Crippen molar-refractivity contribution in [1.29, 1.82) is 0 Å². The molecule has 3 heteroatoms. The zero-order chi connectivity index (χ0) is 15.2. The van der Waals surface area contributed by atoms with Gasteiger partial charge < -0.3 is 10.1 Å². The highest BCUT2D eigenvalue weighted by atomic mass is 16.5. The van der Waals surface area contributed by atoms with Crippen LogP contribution in [0.5, 0.6) is 5.75 Å². The second-order valence-corrected chi connectivity index (χ2v) is 5.95. The van der Waals surface area contributed by atoms with E-state index in [4.69, 9.17) is 4.74 Å². The maximum absolute atomic E-state index is 12.3. The molecule has 0 bridgehead atoms. The molecule has 0 radical (unpaired) electrons. The molecule has 1 aromatic rings. The van der Waals surface area contributed by atoms with Gasteiger partial charge in [0.1, 0.15) is 5.75 Å². The van der Waals surface area contributed by atoms with Crippen LogP contribution < -0.4 is 10.1 Å². The van der Waals surface area contributed by atoms with Crippen molar-refractivity contribution < 1.29 is 9.53 Å². The molecule has 1 amide bonds. The van der Waals surface area contributed by atoms with Crippen molar-refractivity contribution in [3.63, 3.8) is 0 Å². The van der Waals surface area contributed by atoms with Crippen LogP contribution in [0.3, 0.4) is 0 Å². The lowest BCUT2D eigenvalue weighted by atomic mass is 9.93. The third-order valence-electron chi connectivity index (χ3n) is 3.73. The Morgan fingerprint density at radius 3 is 2.76 bits per heavy atom. The summed E-state index contributed by atoms with van der Waals surface area (Å²) in [7, 11) is 0. The molecule has 0 aliphatic heterocycles. The van der Waals surface area contributed by atoms with Gasteiger partial charge in [0.05, 0.1) is 12.1 Å². The van der Waals surface area contributed by atoms with E-state index >= 15 is 0 Å². The van der Waals surface area contributed by atoms with E-state index in [1.807, 2.05) is 45.0 Å². The van der Waals surface area contributed by atoms with Crippen molar-refractivity contribution in [1.82, 2.24) is 5.32 Å². The lowest BCUT2D eigenvalue weighted by Crippen LogP contribution is -2.33. The van der Waals surface area contributed by atoms with E-state index in [0.717, 1.165) is 30.6 Å². The predicted molar refractivity (Wildman–Crippen MR) is 85.2 cm³/mol. The quantitative estimate of drug-likeness (QED) is 0.831. The maximum atomic E-state index is 12.3. The second kappa shape index (κ2) is 7.30. The average Bonchev–Trinajstić information content (AvgIpc) is 2.47.